The van der Waals surface area contributed by atoms with Crippen molar-refractivity contribution in [2.75, 3.05) is 7.05 Å². The van der Waals surface area contributed by atoms with Gasteiger partial charge in [0.05, 0.1) is 23.5 Å². The number of aromatic amines is 1. The molecule has 0 spiro atoms. The van der Waals surface area contributed by atoms with Gasteiger partial charge in [0.1, 0.15) is 0 Å². The van der Waals surface area contributed by atoms with E-state index in [9.17, 15) is 9.59 Å². The molecular weight excluding hydrogens is 310 g/mol. The van der Waals surface area contributed by atoms with Crippen LogP contribution in [-0.2, 0) is 11.2 Å². The van der Waals surface area contributed by atoms with Crippen LogP contribution in [0.1, 0.15) is 23.5 Å². The number of thiophene rings is 1. The van der Waals surface area contributed by atoms with Crippen LogP contribution in [-0.4, -0.2) is 28.1 Å². The fraction of sp³-hybridized carbons (Fsp3) is 0.235. The molecule has 3 rings (SSSR count). The summed E-state index contributed by atoms with van der Waals surface area (Å²) in [7, 11) is 1.79. The average molecular weight is 327 g/mol. The predicted molar refractivity (Wildman–Crippen MR) is 91.6 cm³/mol. The minimum atomic E-state index is -0.239. The number of nitrogens with one attached hydrogen (secondary N) is 1. The van der Waals surface area contributed by atoms with Crippen LogP contribution >= 0.6 is 11.3 Å². The van der Waals surface area contributed by atoms with Crippen LogP contribution in [0.4, 0.5) is 0 Å². The van der Waals surface area contributed by atoms with Crippen molar-refractivity contribution in [3.63, 3.8) is 0 Å². The highest BCUT2D eigenvalue weighted by Crippen LogP contribution is 2.24. The highest BCUT2D eigenvalue weighted by atomic mass is 32.1. The molecule has 118 valence electrons. The number of rotatable bonds is 4. The third-order valence-electron chi connectivity index (χ3n) is 4.02. The summed E-state index contributed by atoms with van der Waals surface area (Å²) < 4.78 is 0. The Kier molecular flexibility index (Phi) is 4.25. The van der Waals surface area contributed by atoms with Crippen LogP contribution in [0.5, 0.6) is 0 Å². The Labute approximate surface area is 137 Å². The van der Waals surface area contributed by atoms with E-state index >= 15 is 0 Å². The zero-order valence-corrected chi connectivity index (χ0v) is 13.8. The molecule has 1 N–H and O–H groups in total. The second-order valence-corrected chi connectivity index (χ2v) is 6.40. The number of hydrogen-bond acceptors (Lipinski definition) is 4. The van der Waals surface area contributed by atoms with Crippen molar-refractivity contribution in [2.45, 2.75) is 19.4 Å². The van der Waals surface area contributed by atoms with Crippen molar-refractivity contribution >= 4 is 28.0 Å². The average Bonchev–Trinajstić information content (AvgIpc) is 3.10. The first-order chi connectivity index (χ1) is 11.1. The molecule has 2 aromatic heterocycles. The molecule has 0 aliphatic rings. The molecule has 23 heavy (non-hydrogen) atoms. The molecule has 1 aromatic carbocycles. The Morgan fingerprint density at radius 2 is 2.00 bits per heavy atom. The Hall–Kier alpha value is -2.47. The predicted octanol–water partition coefficient (Wildman–Crippen LogP) is 2.75. The van der Waals surface area contributed by atoms with E-state index in [0.29, 0.717) is 11.1 Å². The van der Waals surface area contributed by atoms with Crippen LogP contribution in [0.25, 0.3) is 10.8 Å². The Bertz CT molecular complexity index is 886. The summed E-state index contributed by atoms with van der Waals surface area (Å²) in [6, 6.07) is 11.2. The van der Waals surface area contributed by atoms with Gasteiger partial charge in [-0.2, -0.15) is 5.10 Å². The number of amides is 1. The normalized spacial score (nSPS) is 12.3. The second-order valence-electron chi connectivity index (χ2n) is 5.42. The van der Waals surface area contributed by atoms with Gasteiger partial charge < -0.3 is 4.90 Å². The van der Waals surface area contributed by atoms with E-state index in [-0.39, 0.29) is 23.9 Å². The van der Waals surface area contributed by atoms with E-state index in [1.54, 1.807) is 35.4 Å². The molecule has 0 unspecified atom stereocenters. The largest absolute Gasteiger partial charge is 0.338 e. The van der Waals surface area contributed by atoms with Crippen molar-refractivity contribution in [1.29, 1.82) is 0 Å². The Morgan fingerprint density at radius 1 is 1.26 bits per heavy atom. The first-order valence-corrected chi connectivity index (χ1v) is 8.21. The zero-order chi connectivity index (χ0) is 16.4. The SMILES string of the molecule is C[C@@H](c1cccs1)N(C)C(=O)Cc1n[nH]c(=O)c2ccccc12. The van der Waals surface area contributed by atoms with E-state index < -0.39 is 0 Å². The number of aromatic nitrogens is 2. The summed E-state index contributed by atoms with van der Waals surface area (Å²) >= 11 is 1.63. The molecule has 2 heterocycles. The van der Waals surface area contributed by atoms with Crippen LogP contribution in [0.2, 0.25) is 0 Å². The quantitative estimate of drug-likeness (QED) is 0.801. The third-order valence-corrected chi connectivity index (χ3v) is 5.07. The highest BCUT2D eigenvalue weighted by molar-refractivity contribution is 7.10. The van der Waals surface area contributed by atoms with Gasteiger partial charge in [0.25, 0.3) is 5.56 Å². The molecule has 0 saturated carbocycles. The van der Waals surface area contributed by atoms with Crippen LogP contribution in [0, 0.1) is 0 Å². The first kappa shape index (κ1) is 15.4. The Morgan fingerprint density at radius 3 is 2.70 bits per heavy atom. The molecule has 5 nitrogen and oxygen atoms in total. The van der Waals surface area contributed by atoms with Crippen molar-refractivity contribution in [1.82, 2.24) is 15.1 Å². The molecule has 1 atom stereocenters. The maximum Gasteiger partial charge on any atom is 0.272 e. The zero-order valence-electron chi connectivity index (χ0n) is 12.9. The van der Waals surface area contributed by atoms with Gasteiger partial charge in [-0.1, -0.05) is 24.3 Å². The lowest BCUT2D eigenvalue weighted by Crippen LogP contribution is -2.31. The van der Waals surface area contributed by atoms with Crippen molar-refractivity contribution < 1.29 is 4.79 Å². The smallest absolute Gasteiger partial charge is 0.272 e. The molecule has 0 radical (unpaired) electrons. The minimum Gasteiger partial charge on any atom is -0.338 e. The molecule has 0 aliphatic carbocycles. The fourth-order valence-electron chi connectivity index (χ4n) is 2.51. The van der Waals surface area contributed by atoms with Crippen molar-refractivity contribution in [3.05, 3.63) is 62.7 Å². The van der Waals surface area contributed by atoms with Crippen molar-refractivity contribution in [2.24, 2.45) is 0 Å². The van der Waals surface area contributed by atoms with E-state index in [1.165, 1.54) is 0 Å². The van der Waals surface area contributed by atoms with Gasteiger partial charge in [0.15, 0.2) is 0 Å². The first-order valence-electron chi connectivity index (χ1n) is 7.33. The molecule has 0 saturated heterocycles. The van der Waals surface area contributed by atoms with Gasteiger partial charge in [-0.3, -0.25) is 9.59 Å². The summed E-state index contributed by atoms with van der Waals surface area (Å²) in [5.41, 5.74) is 0.354. The summed E-state index contributed by atoms with van der Waals surface area (Å²) in [5.74, 6) is -0.0318. The van der Waals surface area contributed by atoms with Gasteiger partial charge in [-0.05, 0) is 24.4 Å². The molecule has 0 aliphatic heterocycles. The number of nitrogens with zero attached hydrogens (tertiary/aromatic N) is 2. The topological polar surface area (TPSA) is 66.1 Å². The van der Waals surface area contributed by atoms with E-state index in [2.05, 4.69) is 10.2 Å². The van der Waals surface area contributed by atoms with Gasteiger partial charge in [-0.15, -0.1) is 11.3 Å². The van der Waals surface area contributed by atoms with Gasteiger partial charge in [0.2, 0.25) is 5.91 Å². The van der Waals surface area contributed by atoms with Gasteiger partial charge in [-0.25, -0.2) is 5.10 Å². The number of benzene rings is 1. The molecule has 0 bridgehead atoms. The lowest BCUT2D eigenvalue weighted by molar-refractivity contribution is -0.131. The number of carbonyl (C=O) groups is 1. The van der Waals surface area contributed by atoms with Crippen LogP contribution in [0.3, 0.4) is 0 Å². The monoisotopic (exact) mass is 327 g/mol. The summed E-state index contributed by atoms with van der Waals surface area (Å²) in [5, 5.41) is 9.82. The molecule has 0 fully saturated rings. The summed E-state index contributed by atoms with van der Waals surface area (Å²) in [6.07, 6.45) is 0.156. The number of hydrogen-bond donors (Lipinski definition) is 1. The Balaban J connectivity index is 1.86. The maximum absolute atomic E-state index is 12.6. The molecular formula is C17H17N3O2S. The van der Waals surface area contributed by atoms with E-state index in [1.807, 2.05) is 36.6 Å². The highest BCUT2D eigenvalue weighted by Gasteiger charge is 2.20. The number of carbonyl (C=O) groups excluding carboxylic acids is 1. The van der Waals surface area contributed by atoms with Crippen LogP contribution < -0.4 is 5.56 Å². The summed E-state index contributed by atoms with van der Waals surface area (Å²) in [6.45, 7) is 2.00. The molecule has 1 amide bonds. The maximum atomic E-state index is 12.6. The lowest BCUT2D eigenvalue weighted by Gasteiger charge is -2.24. The lowest BCUT2D eigenvalue weighted by atomic mass is 10.1. The third kappa shape index (κ3) is 3.03. The molecule has 3 aromatic rings. The van der Waals surface area contributed by atoms with Gasteiger partial charge in [0, 0.05) is 17.3 Å². The second kappa shape index (κ2) is 6.34. The summed E-state index contributed by atoms with van der Waals surface area (Å²) in [4.78, 5) is 27.2. The number of H-pyrrole nitrogens is 1. The van der Waals surface area contributed by atoms with E-state index in [0.717, 1.165) is 10.3 Å². The van der Waals surface area contributed by atoms with Gasteiger partial charge >= 0.3 is 0 Å². The van der Waals surface area contributed by atoms with Crippen molar-refractivity contribution in [3.8, 4) is 0 Å². The standard InChI is InChI=1S/C17H17N3O2S/c1-11(15-8-5-9-23-15)20(2)16(21)10-14-12-6-3-4-7-13(12)17(22)19-18-14/h3-9,11H,10H2,1-2H3,(H,19,22)/t11-/m0/s1. The molecule has 6 heteroatoms. The van der Waals surface area contributed by atoms with Crippen LogP contribution in [0.15, 0.2) is 46.6 Å². The minimum absolute atomic E-state index is 0.0107. The fourth-order valence-corrected chi connectivity index (χ4v) is 3.34. The number of likely N-dealkylation sites (N-methyl/N-ethyl adjacent to an activating group) is 1. The van der Waals surface area contributed by atoms with E-state index in [4.69, 9.17) is 0 Å². The number of fused-ring (bicyclic) bond motifs is 1.